The van der Waals surface area contributed by atoms with Crippen molar-refractivity contribution in [3.8, 4) is 0 Å². The molecule has 21 heavy (non-hydrogen) atoms. The molecule has 0 amide bonds. The number of para-hydroxylation sites is 1. The minimum absolute atomic E-state index is 0.481. The molecule has 1 aromatic carbocycles. The number of nitrogens with one attached hydrogen (secondary N) is 1. The molecule has 1 fully saturated rings. The smallest absolute Gasteiger partial charge is 0.0643 e. The Kier molecular flexibility index (Phi) is 5.95. The van der Waals surface area contributed by atoms with Crippen molar-refractivity contribution in [2.24, 2.45) is 11.8 Å². The predicted octanol–water partition coefficient (Wildman–Crippen LogP) is 4.71. The van der Waals surface area contributed by atoms with Gasteiger partial charge in [-0.25, -0.2) is 0 Å². The van der Waals surface area contributed by atoms with Crippen molar-refractivity contribution in [2.45, 2.75) is 53.1 Å². The first-order valence-electron chi connectivity index (χ1n) is 8.23. The summed E-state index contributed by atoms with van der Waals surface area (Å²) in [6.07, 6.45) is 2.74. The van der Waals surface area contributed by atoms with Crippen molar-refractivity contribution < 1.29 is 0 Å². The van der Waals surface area contributed by atoms with Gasteiger partial charge >= 0.3 is 0 Å². The number of hydrogen-bond donors (Lipinski definition) is 1. The van der Waals surface area contributed by atoms with Gasteiger partial charge in [-0.15, -0.1) is 0 Å². The third kappa shape index (κ3) is 4.89. The second-order valence-corrected chi connectivity index (χ2v) is 7.37. The lowest BCUT2D eigenvalue weighted by atomic mass is 10.1. The monoisotopic (exact) mass is 308 g/mol. The summed E-state index contributed by atoms with van der Waals surface area (Å²) < 4.78 is 0. The van der Waals surface area contributed by atoms with Crippen LogP contribution in [0.5, 0.6) is 0 Å². The van der Waals surface area contributed by atoms with Crippen molar-refractivity contribution in [3.63, 3.8) is 0 Å². The largest absolute Gasteiger partial charge is 0.367 e. The number of anilines is 1. The Morgan fingerprint density at radius 1 is 1.24 bits per heavy atom. The molecule has 1 aliphatic rings. The second-order valence-electron chi connectivity index (χ2n) is 6.96. The van der Waals surface area contributed by atoms with Crippen LogP contribution < -0.4 is 10.2 Å². The Hall–Kier alpha value is -0.730. The first-order valence-corrected chi connectivity index (χ1v) is 8.61. The molecule has 2 rings (SSSR count). The zero-order valence-electron chi connectivity index (χ0n) is 13.8. The molecule has 0 bridgehead atoms. The molecule has 0 unspecified atom stereocenters. The maximum absolute atomic E-state index is 6.54. The summed E-state index contributed by atoms with van der Waals surface area (Å²) in [5.74, 6) is 1.53. The average molecular weight is 309 g/mol. The highest BCUT2D eigenvalue weighted by Gasteiger charge is 2.27. The fourth-order valence-electron chi connectivity index (χ4n) is 2.66. The van der Waals surface area contributed by atoms with Crippen LogP contribution in [0.25, 0.3) is 0 Å². The Morgan fingerprint density at radius 3 is 2.52 bits per heavy atom. The lowest BCUT2D eigenvalue weighted by molar-refractivity contribution is 0.550. The first kappa shape index (κ1) is 16.6. The van der Waals surface area contributed by atoms with Crippen LogP contribution in [0.3, 0.4) is 0 Å². The Labute approximate surface area is 134 Å². The summed E-state index contributed by atoms with van der Waals surface area (Å²) in [5, 5.41) is 4.43. The molecular weight excluding hydrogens is 280 g/mol. The summed E-state index contributed by atoms with van der Waals surface area (Å²) in [4.78, 5) is 2.49. The lowest BCUT2D eigenvalue weighted by Crippen LogP contribution is -2.34. The summed E-state index contributed by atoms with van der Waals surface area (Å²) in [7, 11) is 0. The van der Waals surface area contributed by atoms with Gasteiger partial charge in [-0.3, -0.25) is 0 Å². The third-order valence-electron chi connectivity index (χ3n) is 4.00. The Bertz CT molecular complexity index is 453. The van der Waals surface area contributed by atoms with Gasteiger partial charge in [-0.1, -0.05) is 37.6 Å². The minimum atomic E-state index is 0.481. The van der Waals surface area contributed by atoms with Gasteiger partial charge in [0.1, 0.15) is 0 Å². The molecule has 0 aromatic heterocycles. The zero-order chi connectivity index (χ0) is 15.4. The summed E-state index contributed by atoms with van der Waals surface area (Å²) >= 11 is 6.54. The molecule has 1 aliphatic carbocycles. The fourth-order valence-corrected chi connectivity index (χ4v) is 2.96. The van der Waals surface area contributed by atoms with E-state index >= 15 is 0 Å². The summed E-state index contributed by atoms with van der Waals surface area (Å²) in [6.45, 7) is 12.1. The number of halogens is 1. The van der Waals surface area contributed by atoms with E-state index in [0.717, 1.165) is 30.6 Å². The van der Waals surface area contributed by atoms with Gasteiger partial charge in [0.2, 0.25) is 0 Å². The fraction of sp³-hybridized carbons (Fsp3) is 0.667. The predicted molar refractivity (Wildman–Crippen MR) is 93.2 cm³/mol. The van der Waals surface area contributed by atoms with E-state index in [-0.39, 0.29) is 0 Å². The van der Waals surface area contributed by atoms with E-state index < -0.39 is 0 Å². The number of hydrogen-bond acceptors (Lipinski definition) is 2. The molecule has 1 saturated carbocycles. The SMILES string of the molecule is CC(C)CNCc1cccc(Cl)c1N(CC1CC1)C(C)C. The Balaban J connectivity index is 2.17. The standard InChI is InChI=1S/C18H29ClN2/c1-13(2)10-20-11-16-6-5-7-17(19)18(16)21(14(3)4)12-15-8-9-15/h5-7,13-15,20H,8-12H2,1-4H3. The molecular formula is C18H29ClN2. The number of benzene rings is 1. The molecule has 3 heteroatoms. The van der Waals surface area contributed by atoms with Crippen LogP contribution in [0.4, 0.5) is 5.69 Å². The molecule has 0 saturated heterocycles. The highest BCUT2D eigenvalue weighted by Crippen LogP contribution is 2.36. The highest BCUT2D eigenvalue weighted by molar-refractivity contribution is 6.33. The maximum Gasteiger partial charge on any atom is 0.0643 e. The zero-order valence-corrected chi connectivity index (χ0v) is 14.6. The molecule has 0 heterocycles. The van der Waals surface area contributed by atoms with Crippen molar-refractivity contribution >= 4 is 17.3 Å². The molecule has 2 nitrogen and oxygen atoms in total. The quantitative estimate of drug-likeness (QED) is 0.748. The van der Waals surface area contributed by atoms with Crippen LogP contribution in [0.2, 0.25) is 5.02 Å². The van der Waals surface area contributed by atoms with E-state index in [0.29, 0.717) is 12.0 Å². The van der Waals surface area contributed by atoms with Gasteiger partial charge in [0.25, 0.3) is 0 Å². The second kappa shape index (κ2) is 7.51. The van der Waals surface area contributed by atoms with E-state index in [1.165, 1.54) is 24.1 Å². The van der Waals surface area contributed by atoms with Crippen LogP contribution in [0.1, 0.15) is 46.1 Å². The maximum atomic E-state index is 6.54. The highest BCUT2D eigenvalue weighted by atomic mass is 35.5. The van der Waals surface area contributed by atoms with E-state index in [1.54, 1.807) is 0 Å². The third-order valence-corrected chi connectivity index (χ3v) is 4.31. The molecule has 118 valence electrons. The molecule has 0 atom stereocenters. The van der Waals surface area contributed by atoms with Gasteiger partial charge in [0.05, 0.1) is 10.7 Å². The first-order chi connectivity index (χ1) is 9.99. The van der Waals surface area contributed by atoms with Crippen LogP contribution in [0.15, 0.2) is 18.2 Å². The van der Waals surface area contributed by atoms with E-state index in [9.17, 15) is 0 Å². The van der Waals surface area contributed by atoms with Gasteiger partial charge < -0.3 is 10.2 Å². The van der Waals surface area contributed by atoms with Crippen LogP contribution in [0, 0.1) is 11.8 Å². The molecule has 0 aliphatic heterocycles. The van der Waals surface area contributed by atoms with Gasteiger partial charge in [0, 0.05) is 19.1 Å². The molecule has 0 spiro atoms. The van der Waals surface area contributed by atoms with E-state index in [2.05, 4.69) is 50.0 Å². The summed E-state index contributed by atoms with van der Waals surface area (Å²) in [5.41, 5.74) is 2.55. The van der Waals surface area contributed by atoms with Crippen molar-refractivity contribution in [1.29, 1.82) is 0 Å². The van der Waals surface area contributed by atoms with Crippen molar-refractivity contribution in [3.05, 3.63) is 28.8 Å². The average Bonchev–Trinajstić information content (AvgIpc) is 3.20. The number of nitrogens with zero attached hydrogens (tertiary/aromatic N) is 1. The summed E-state index contributed by atoms with van der Waals surface area (Å²) in [6, 6.07) is 6.77. The molecule has 0 radical (unpaired) electrons. The van der Waals surface area contributed by atoms with Crippen LogP contribution in [-0.2, 0) is 6.54 Å². The normalized spacial score (nSPS) is 15.0. The number of rotatable bonds is 8. The van der Waals surface area contributed by atoms with Gasteiger partial charge in [0.15, 0.2) is 0 Å². The van der Waals surface area contributed by atoms with Crippen LogP contribution >= 0.6 is 11.6 Å². The molecule has 1 N–H and O–H groups in total. The van der Waals surface area contributed by atoms with Crippen LogP contribution in [-0.4, -0.2) is 19.1 Å². The van der Waals surface area contributed by atoms with Gasteiger partial charge in [-0.2, -0.15) is 0 Å². The van der Waals surface area contributed by atoms with Gasteiger partial charge in [-0.05, 0) is 56.7 Å². The van der Waals surface area contributed by atoms with E-state index in [4.69, 9.17) is 11.6 Å². The Morgan fingerprint density at radius 2 is 1.95 bits per heavy atom. The van der Waals surface area contributed by atoms with Crippen molar-refractivity contribution in [2.75, 3.05) is 18.0 Å². The minimum Gasteiger partial charge on any atom is -0.367 e. The van der Waals surface area contributed by atoms with E-state index in [1.807, 2.05) is 6.07 Å². The molecule has 1 aromatic rings. The van der Waals surface area contributed by atoms with Crippen molar-refractivity contribution in [1.82, 2.24) is 5.32 Å². The lowest BCUT2D eigenvalue weighted by Gasteiger charge is -2.32. The topological polar surface area (TPSA) is 15.3 Å².